The van der Waals surface area contributed by atoms with Gasteiger partial charge in [0.25, 0.3) is 5.91 Å². The molecule has 2 heterocycles. The Bertz CT molecular complexity index is 1260. The molecule has 1 saturated heterocycles. The lowest BCUT2D eigenvalue weighted by molar-refractivity contribution is 0.0741. The third-order valence-electron chi connectivity index (χ3n) is 7.72. The van der Waals surface area contributed by atoms with Gasteiger partial charge in [-0.25, -0.2) is 9.37 Å². The molecule has 0 aliphatic carbocycles. The molecule has 1 fully saturated rings. The van der Waals surface area contributed by atoms with Crippen LogP contribution in [0.4, 0.5) is 16.0 Å². The van der Waals surface area contributed by atoms with Crippen LogP contribution in [0.5, 0.6) is 0 Å². The summed E-state index contributed by atoms with van der Waals surface area (Å²) in [4.78, 5) is 23.1. The molecule has 1 N–H and O–H groups in total. The first kappa shape index (κ1) is 30.3. The molecule has 3 aromatic rings. The monoisotopic (exact) mass is 569 g/mol. The lowest BCUT2D eigenvalue weighted by atomic mass is 10.1. The number of nitrogens with one attached hydrogen (secondary N) is 1. The summed E-state index contributed by atoms with van der Waals surface area (Å²) in [5.41, 5.74) is 3.10. The summed E-state index contributed by atoms with van der Waals surface area (Å²) in [7, 11) is 0. The number of hydrogen-bond donors (Lipinski definition) is 1. The zero-order valence-corrected chi connectivity index (χ0v) is 25.3. The molecule has 218 valence electrons. The Morgan fingerprint density at radius 2 is 1.70 bits per heavy atom. The Balaban J connectivity index is 1.62. The molecule has 0 saturated carbocycles. The van der Waals surface area contributed by atoms with Crippen LogP contribution < -0.4 is 5.32 Å². The molecule has 6 nitrogen and oxygen atoms in total. The zero-order valence-electron chi connectivity index (χ0n) is 24.6. The maximum absolute atomic E-state index is 13.8. The van der Waals surface area contributed by atoms with E-state index in [9.17, 15) is 9.18 Å². The van der Waals surface area contributed by atoms with Crippen LogP contribution in [0, 0.1) is 17.7 Å². The fraction of sp³-hybridized carbons (Fsp3) is 0.562. The third kappa shape index (κ3) is 8.20. The minimum absolute atomic E-state index is 0.0635. The quantitative estimate of drug-likeness (QED) is 0.227. The van der Waals surface area contributed by atoms with Crippen molar-refractivity contribution in [1.82, 2.24) is 19.4 Å². The summed E-state index contributed by atoms with van der Waals surface area (Å²) in [5.74, 6) is 1.35. The molecule has 4 rings (SSSR count). The summed E-state index contributed by atoms with van der Waals surface area (Å²) >= 11 is 6.05. The van der Waals surface area contributed by atoms with E-state index in [0.717, 1.165) is 69.6 Å². The van der Waals surface area contributed by atoms with Gasteiger partial charge in [0.1, 0.15) is 5.82 Å². The summed E-state index contributed by atoms with van der Waals surface area (Å²) in [5, 5.41) is 3.41. The molecule has 1 amide bonds. The average Bonchev–Trinajstić information content (AvgIpc) is 3.26. The molecular formula is C32H45ClFN5O. The van der Waals surface area contributed by atoms with Crippen molar-refractivity contribution < 1.29 is 9.18 Å². The van der Waals surface area contributed by atoms with Crippen molar-refractivity contribution in [2.75, 3.05) is 38.0 Å². The van der Waals surface area contributed by atoms with Crippen molar-refractivity contribution >= 4 is 40.2 Å². The Kier molecular flexibility index (Phi) is 10.8. The van der Waals surface area contributed by atoms with E-state index in [2.05, 4.69) is 42.5 Å². The van der Waals surface area contributed by atoms with E-state index in [4.69, 9.17) is 16.6 Å². The largest absolute Gasteiger partial charge is 0.339 e. The van der Waals surface area contributed by atoms with Crippen LogP contribution in [0.1, 0.15) is 76.6 Å². The number of rotatable bonds is 13. The van der Waals surface area contributed by atoms with Gasteiger partial charge in [0.15, 0.2) is 0 Å². The molecule has 40 heavy (non-hydrogen) atoms. The molecule has 1 aromatic heterocycles. The fourth-order valence-electron chi connectivity index (χ4n) is 5.24. The topological polar surface area (TPSA) is 53.4 Å². The Labute approximate surface area is 243 Å². The van der Waals surface area contributed by atoms with E-state index in [1.165, 1.54) is 25.3 Å². The second-order valence-electron chi connectivity index (χ2n) is 12.0. The molecule has 8 heteroatoms. The number of imidazole rings is 1. The van der Waals surface area contributed by atoms with Crippen LogP contribution in [-0.4, -0.2) is 58.0 Å². The van der Waals surface area contributed by atoms with E-state index < -0.39 is 5.82 Å². The van der Waals surface area contributed by atoms with Crippen LogP contribution >= 0.6 is 11.6 Å². The number of anilines is 2. The van der Waals surface area contributed by atoms with E-state index in [1.807, 2.05) is 23.1 Å². The summed E-state index contributed by atoms with van der Waals surface area (Å²) in [6.45, 7) is 14.4. The van der Waals surface area contributed by atoms with Gasteiger partial charge in [0, 0.05) is 30.9 Å². The van der Waals surface area contributed by atoms with Crippen molar-refractivity contribution in [1.29, 1.82) is 0 Å². The van der Waals surface area contributed by atoms with Crippen molar-refractivity contribution in [3.8, 4) is 0 Å². The van der Waals surface area contributed by atoms with Crippen LogP contribution in [0.2, 0.25) is 5.02 Å². The molecular weight excluding hydrogens is 525 g/mol. The first-order chi connectivity index (χ1) is 19.2. The number of aryl methyl sites for hydroxylation is 1. The van der Waals surface area contributed by atoms with Crippen molar-refractivity contribution in [2.24, 2.45) is 11.8 Å². The predicted octanol–water partition coefficient (Wildman–Crippen LogP) is 7.98. The number of likely N-dealkylation sites (tertiary alicyclic amines) is 1. The first-order valence-corrected chi connectivity index (χ1v) is 15.3. The number of halogens is 2. The molecule has 0 bridgehead atoms. The van der Waals surface area contributed by atoms with Crippen LogP contribution in [0.3, 0.4) is 0 Å². The van der Waals surface area contributed by atoms with Crippen molar-refractivity contribution in [3.63, 3.8) is 0 Å². The van der Waals surface area contributed by atoms with Crippen LogP contribution in [-0.2, 0) is 6.54 Å². The van der Waals surface area contributed by atoms with E-state index in [-0.39, 0.29) is 10.9 Å². The molecule has 0 spiro atoms. The summed E-state index contributed by atoms with van der Waals surface area (Å²) < 4.78 is 15.9. The lowest BCUT2D eigenvalue weighted by Crippen LogP contribution is -2.34. The standard InChI is InChI=1S/C32H45ClFN5O/c1-23(2)13-19-38(20-14-24(3)4)31(40)25-9-12-29-30(21-25)39(18-8-17-37-15-6-5-7-16-37)32(36-29)35-26-10-11-28(34)27(33)22-26/h9-12,21-24H,5-8,13-20H2,1-4H3,(H,35,36). The van der Waals surface area contributed by atoms with Gasteiger partial charge in [0.2, 0.25) is 5.95 Å². The molecule has 1 aliphatic heterocycles. The molecule has 0 radical (unpaired) electrons. The molecule has 0 atom stereocenters. The molecule has 1 aliphatic rings. The Morgan fingerprint density at radius 1 is 1.00 bits per heavy atom. The fourth-order valence-corrected chi connectivity index (χ4v) is 5.42. The molecule has 0 unspecified atom stereocenters. The number of nitrogens with zero attached hydrogens (tertiary/aromatic N) is 4. The highest BCUT2D eigenvalue weighted by molar-refractivity contribution is 6.31. The highest BCUT2D eigenvalue weighted by atomic mass is 35.5. The van der Waals surface area contributed by atoms with Gasteiger partial charge in [-0.1, -0.05) is 45.7 Å². The number of benzene rings is 2. The van der Waals surface area contributed by atoms with E-state index in [1.54, 1.807) is 12.1 Å². The van der Waals surface area contributed by atoms with Gasteiger partial charge in [-0.2, -0.15) is 0 Å². The van der Waals surface area contributed by atoms with Gasteiger partial charge in [0.05, 0.1) is 16.1 Å². The van der Waals surface area contributed by atoms with Gasteiger partial charge in [-0.15, -0.1) is 0 Å². The minimum atomic E-state index is -0.454. The van der Waals surface area contributed by atoms with Crippen molar-refractivity contribution in [2.45, 2.75) is 72.8 Å². The van der Waals surface area contributed by atoms with Gasteiger partial charge < -0.3 is 19.7 Å². The number of carbonyl (C=O) groups excluding carboxylic acids is 1. The SMILES string of the molecule is CC(C)CCN(CCC(C)C)C(=O)c1ccc2nc(Nc3ccc(F)c(Cl)c3)n(CCCN3CCCCC3)c2c1. The predicted molar refractivity (Wildman–Crippen MR) is 164 cm³/mol. The van der Waals surface area contributed by atoms with Gasteiger partial charge >= 0.3 is 0 Å². The van der Waals surface area contributed by atoms with E-state index in [0.29, 0.717) is 29.0 Å². The number of aromatic nitrogens is 2. The average molecular weight is 570 g/mol. The highest BCUT2D eigenvalue weighted by Crippen LogP contribution is 2.27. The highest BCUT2D eigenvalue weighted by Gasteiger charge is 2.20. The van der Waals surface area contributed by atoms with Crippen molar-refractivity contribution in [3.05, 3.63) is 52.8 Å². The van der Waals surface area contributed by atoms with Crippen LogP contribution in [0.15, 0.2) is 36.4 Å². The lowest BCUT2D eigenvalue weighted by Gasteiger charge is -2.26. The maximum atomic E-state index is 13.8. The normalized spacial score (nSPS) is 14.4. The smallest absolute Gasteiger partial charge is 0.253 e. The van der Waals surface area contributed by atoms with Gasteiger partial charge in [-0.3, -0.25) is 4.79 Å². The number of carbonyl (C=O) groups is 1. The van der Waals surface area contributed by atoms with E-state index >= 15 is 0 Å². The number of hydrogen-bond acceptors (Lipinski definition) is 4. The number of fused-ring (bicyclic) bond motifs is 1. The maximum Gasteiger partial charge on any atom is 0.253 e. The molecule has 2 aromatic carbocycles. The van der Waals surface area contributed by atoms with Gasteiger partial charge in [-0.05, 0) is 100.0 Å². The Hall–Kier alpha value is -2.64. The first-order valence-electron chi connectivity index (χ1n) is 14.9. The minimum Gasteiger partial charge on any atom is -0.339 e. The zero-order chi connectivity index (χ0) is 28.6. The third-order valence-corrected chi connectivity index (χ3v) is 8.01. The Morgan fingerprint density at radius 3 is 2.35 bits per heavy atom. The second-order valence-corrected chi connectivity index (χ2v) is 12.4. The summed E-state index contributed by atoms with van der Waals surface area (Å²) in [6, 6.07) is 10.4. The summed E-state index contributed by atoms with van der Waals surface area (Å²) in [6.07, 6.45) is 6.78. The number of amides is 1. The second kappa shape index (κ2) is 14.3. The number of piperidine rings is 1. The van der Waals surface area contributed by atoms with Crippen LogP contribution in [0.25, 0.3) is 11.0 Å².